The molecule has 0 bridgehead atoms. The molecule has 0 radical (unpaired) electrons. The van der Waals surface area contributed by atoms with Crippen LogP contribution in [-0.4, -0.2) is 49.6 Å². The Bertz CT molecular complexity index is 1180. The van der Waals surface area contributed by atoms with Crippen molar-refractivity contribution in [2.45, 2.75) is 26.8 Å². The Kier molecular flexibility index (Phi) is 8.06. The lowest BCUT2D eigenvalue weighted by Crippen LogP contribution is -2.46. The van der Waals surface area contributed by atoms with Gasteiger partial charge in [-0.05, 0) is 42.7 Å². The number of esters is 1. The van der Waals surface area contributed by atoms with Crippen molar-refractivity contribution in [3.63, 3.8) is 0 Å². The standard InChI is InChI=1S/C24H27N3O6S/c1-13(2)21(27-22(29)15-9-16(31-4)11-17(10-15)32-5)23(30)33-12-20(28)26-24-25-18-7-6-14(3)8-19(18)34-24/h6-11,13,21H,12H2,1-5H3,(H,27,29)(H,25,26,28)/t21-/m0/s1. The lowest BCUT2D eigenvalue weighted by molar-refractivity contribution is -0.150. The Morgan fingerprint density at radius 3 is 2.32 bits per heavy atom. The summed E-state index contributed by atoms with van der Waals surface area (Å²) >= 11 is 1.34. The van der Waals surface area contributed by atoms with Crippen LogP contribution in [0.25, 0.3) is 10.2 Å². The summed E-state index contributed by atoms with van der Waals surface area (Å²) in [6.07, 6.45) is 0. The minimum atomic E-state index is -0.956. The summed E-state index contributed by atoms with van der Waals surface area (Å²) in [6.45, 7) is 5.01. The molecule has 1 heterocycles. The van der Waals surface area contributed by atoms with Crippen molar-refractivity contribution in [2.24, 2.45) is 5.92 Å². The number of thiazole rings is 1. The van der Waals surface area contributed by atoms with Gasteiger partial charge in [-0.3, -0.25) is 14.9 Å². The monoisotopic (exact) mass is 485 g/mol. The van der Waals surface area contributed by atoms with Gasteiger partial charge in [0.15, 0.2) is 11.7 Å². The quantitative estimate of drug-likeness (QED) is 0.445. The zero-order valence-electron chi connectivity index (χ0n) is 19.6. The molecule has 0 saturated heterocycles. The molecule has 1 atom stereocenters. The Labute approximate surface area is 201 Å². The van der Waals surface area contributed by atoms with Crippen LogP contribution in [0.5, 0.6) is 11.5 Å². The number of carbonyl (C=O) groups is 3. The summed E-state index contributed by atoms with van der Waals surface area (Å²) in [7, 11) is 2.95. The number of rotatable bonds is 9. The van der Waals surface area contributed by atoms with Gasteiger partial charge < -0.3 is 19.5 Å². The average Bonchev–Trinajstić information content (AvgIpc) is 3.21. The van der Waals surface area contributed by atoms with Crippen molar-refractivity contribution in [2.75, 3.05) is 26.1 Å². The van der Waals surface area contributed by atoms with Gasteiger partial charge >= 0.3 is 5.97 Å². The summed E-state index contributed by atoms with van der Waals surface area (Å²) in [4.78, 5) is 42.1. The van der Waals surface area contributed by atoms with Crippen LogP contribution in [0, 0.1) is 12.8 Å². The van der Waals surface area contributed by atoms with Gasteiger partial charge in [-0.1, -0.05) is 31.3 Å². The molecule has 2 amide bonds. The molecule has 0 unspecified atom stereocenters. The molecular formula is C24H27N3O6S. The van der Waals surface area contributed by atoms with E-state index in [1.165, 1.54) is 37.7 Å². The first-order valence-electron chi connectivity index (χ1n) is 10.6. The number of ether oxygens (including phenoxy) is 3. The fraction of sp³-hybridized carbons (Fsp3) is 0.333. The van der Waals surface area contributed by atoms with E-state index in [1.54, 1.807) is 19.9 Å². The molecular weight excluding hydrogens is 458 g/mol. The maximum absolute atomic E-state index is 12.8. The van der Waals surface area contributed by atoms with Crippen LogP contribution in [0.3, 0.4) is 0 Å². The fourth-order valence-electron chi connectivity index (χ4n) is 3.13. The van der Waals surface area contributed by atoms with Crippen molar-refractivity contribution >= 4 is 44.5 Å². The van der Waals surface area contributed by atoms with Crippen molar-refractivity contribution < 1.29 is 28.6 Å². The molecule has 3 aromatic rings. The zero-order valence-corrected chi connectivity index (χ0v) is 20.4. The number of hydrogen-bond acceptors (Lipinski definition) is 8. The molecule has 0 fully saturated rings. The number of benzene rings is 2. The third kappa shape index (κ3) is 6.22. The van der Waals surface area contributed by atoms with Gasteiger partial charge in [0.1, 0.15) is 17.5 Å². The number of amides is 2. The number of methoxy groups -OCH3 is 2. The Morgan fingerprint density at radius 1 is 1.03 bits per heavy atom. The van der Waals surface area contributed by atoms with Crippen molar-refractivity contribution in [1.82, 2.24) is 10.3 Å². The number of aromatic nitrogens is 1. The van der Waals surface area contributed by atoms with Crippen molar-refractivity contribution in [3.05, 3.63) is 47.5 Å². The number of hydrogen-bond donors (Lipinski definition) is 2. The van der Waals surface area contributed by atoms with E-state index in [9.17, 15) is 14.4 Å². The molecule has 34 heavy (non-hydrogen) atoms. The van der Waals surface area contributed by atoms with Crippen LogP contribution in [-0.2, 0) is 14.3 Å². The summed E-state index contributed by atoms with van der Waals surface area (Å²) in [6, 6.07) is 9.55. The summed E-state index contributed by atoms with van der Waals surface area (Å²) in [5.41, 5.74) is 2.13. The number of carbonyl (C=O) groups excluding carboxylic acids is 3. The highest BCUT2D eigenvalue weighted by molar-refractivity contribution is 7.22. The first kappa shape index (κ1) is 25.0. The third-order valence-electron chi connectivity index (χ3n) is 4.96. The highest BCUT2D eigenvalue weighted by Gasteiger charge is 2.27. The van der Waals surface area contributed by atoms with Crippen LogP contribution in [0.15, 0.2) is 36.4 Å². The number of anilines is 1. The first-order chi connectivity index (χ1) is 16.2. The fourth-order valence-corrected chi connectivity index (χ4v) is 4.11. The van der Waals surface area contributed by atoms with Gasteiger partial charge in [-0.2, -0.15) is 0 Å². The maximum Gasteiger partial charge on any atom is 0.329 e. The molecule has 0 saturated carbocycles. The first-order valence-corrected chi connectivity index (χ1v) is 11.4. The van der Waals surface area contributed by atoms with Gasteiger partial charge in [0.25, 0.3) is 11.8 Å². The van der Waals surface area contributed by atoms with E-state index < -0.39 is 30.4 Å². The minimum absolute atomic E-state index is 0.262. The number of nitrogens with zero attached hydrogens (tertiary/aromatic N) is 1. The Morgan fingerprint density at radius 2 is 1.71 bits per heavy atom. The van der Waals surface area contributed by atoms with E-state index in [-0.39, 0.29) is 11.5 Å². The number of aryl methyl sites for hydroxylation is 1. The van der Waals surface area contributed by atoms with Crippen LogP contribution in [0.1, 0.15) is 29.8 Å². The minimum Gasteiger partial charge on any atom is -0.497 e. The SMILES string of the molecule is COc1cc(OC)cc(C(=O)N[C@H](C(=O)OCC(=O)Nc2nc3ccc(C)cc3s2)C(C)C)c1. The van der Waals surface area contributed by atoms with Crippen LogP contribution < -0.4 is 20.1 Å². The number of fused-ring (bicyclic) bond motifs is 1. The second kappa shape index (κ2) is 11.0. The van der Waals surface area contributed by atoms with Crippen LogP contribution in [0.2, 0.25) is 0 Å². The summed E-state index contributed by atoms with van der Waals surface area (Å²) in [5, 5.41) is 5.73. The van der Waals surface area contributed by atoms with Crippen LogP contribution in [0.4, 0.5) is 5.13 Å². The van der Waals surface area contributed by atoms with E-state index in [0.717, 1.165) is 15.8 Å². The molecule has 1 aromatic heterocycles. The second-order valence-corrected chi connectivity index (χ2v) is 8.97. The highest BCUT2D eigenvalue weighted by atomic mass is 32.1. The van der Waals surface area contributed by atoms with Gasteiger partial charge in [0.05, 0.1) is 24.4 Å². The van der Waals surface area contributed by atoms with Crippen LogP contribution >= 0.6 is 11.3 Å². The predicted octanol–water partition coefficient (Wildman–Crippen LogP) is 3.56. The smallest absolute Gasteiger partial charge is 0.329 e. The molecule has 2 N–H and O–H groups in total. The molecule has 0 aliphatic carbocycles. The molecule has 9 nitrogen and oxygen atoms in total. The second-order valence-electron chi connectivity index (χ2n) is 7.94. The largest absolute Gasteiger partial charge is 0.497 e. The lowest BCUT2D eigenvalue weighted by atomic mass is 10.0. The maximum atomic E-state index is 12.8. The predicted molar refractivity (Wildman–Crippen MR) is 130 cm³/mol. The molecule has 2 aromatic carbocycles. The van der Waals surface area contributed by atoms with Crippen molar-refractivity contribution in [3.8, 4) is 11.5 Å². The molecule has 180 valence electrons. The normalized spacial score (nSPS) is 11.7. The van der Waals surface area contributed by atoms with Crippen molar-refractivity contribution in [1.29, 1.82) is 0 Å². The molecule has 0 spiro atoms. The van der Waals surface area contributed by atoms with Gasteiger partial charge in [-0.25, -0.2) is 9.78 Å². The van der Waals surface area contributed by atoms with Gasteiger partial charge in [0.2, 0.25) is 0 Å². The van der Waals surface area contributed by atoms with Gasteiger partial charge in [0, 0.05) is 11.6 Å². The molecule has 10 heteroatoms. The summed E-state index contributed by atoms with van der Waals surface area (Å²) in [5.74, 6) is -1.13. The molecule has 0 aliphatic heterocycles. The highest BCUT2D eigenvalue weighted by Crippen LogP contribution is 2.26. The lowest BCUT2D eigenvalue weighted by Gasteiger charge is -2.21. The molecule has 3 rings (SSSR count). The van der Waals surface area contributed by atoms with E-state index in [2.05, 4.69) is 15.6 Å². The van der Waals surface area contributed by atoms with E-state index >= 15 is 0 Å². The zero-order chi connectivity index (χ0) is 24.8. The van der Waals surface area contributed by atoms with E-state index in [4.69, 9.17) is 14.2 Å². The number of nitrogens with one attached hydrogen (secondary N) is 2. The summed E-state index contributed by atoms with van der Waals surface area (Å²) < 4.78 is 16.5. The van der Waals surface area contributed by atoms with E-state index in [1.807, 2.05) is 25.1 Å². The topological polar surface area (TPSA) is 116 Å². The Hall–Kier alpha value is -3.66. The third-order valence-corrected chi connectivity index (χ3v) is 5.89. The van der Waals surface area contributed by atoms with Gasteiger partial charge in [-0.15, -0.1) is 0 Å². The Balaban J connectivity index is 1.60. The molecule has 0 aliphatic rings. The van der Waals surface area contributed by atoms with E-state index in [0.29, 0.717) is 16.6 Å². The average molecular weight is 486 g/mol.